The monoisotopic (exact) mass is 354 g/mol. The molecule has 2 N–H and O–H groups in total. The van der Waals surface area contributed by atoms with Crippen molar-refractivity contribution in [3.05, 3.63) is 41.9 Å². The molecule has 0 unspecified atom stereocenters. The van der Waals surface area contributed by atoms with Crippen LogP contribution in [0.4, 0.5) is 10.6 Å². The van der Waals surface area contributed by atoms with Gasteiger partial charge in [-0.3, -0.25) is 9.88 Å². The fourth-order valence-electron chi connectivity index (χ4n) is 2.81. The molecule has 0 aliphatic heterocycles. The average molecular weight is 354 g/mol. The number of benzene rings is 1. The van der Waals surface area contributed by atoms with E-state index in [9.17, 15) is 9.90 Å². The zero-order valence-electron chi connectivity index (χ0n) is 15.5. The molecule has 0 spiro atoms. The van der Waals surface area contributed by atoms with Crippen molar-refractivity contribution in [1.82, 2.24) is 14.5 Å². The second-order valence-electron chi connectivity index (χ2n) is 7.11. The van der Waals surface area contributed by atoms with E-state index >= 15 is 0 Å². The molecule has 0 fully saturated rings. The lowest BCUT2D eigenvalue weighted by Gasteiger charge is -2.19. The second kappa shape index (κ2) is 6.33. The van der Waals surface area contributed by atoms with Crippen LogP contribution in [-0.4, -0.2) is 31.3 Å². The van der Waals surface area contributed by atoms with E-state index in [1.165, 1.54) is 6.33 Å². The van der Waals surface area contributed by atoms with Gasteiger partial charge in [-0.05, 0) is 64.4 Å². The zero-order chi connectivity index (χ0) is 19.1. The number of phenolic OH excluding ortho intramolecular Hbond substituents is 1. The Morgan fingerprint density at radius 3 is 2.42 bits per heavy atom. The maximum Gasteiger partial charge on any atom is 0.413 e. The first-order valence-corrected chi connectivity index (χ1v) is 8.29. The number of aromatic nitrogens is 3. The van der Waals surface area contributed by atoms with Gasteiger partial charge in [0.1, 0.15) is 23.5 Å². The molecule has 0 aliphatic rings. The van der Waals surface area contributed by atoms with Gasteiger partial charge in [0.05, 0.1) is 5.39 Å². The van der Waals surface area contributed by atoms with Gasteiger partial charge in [-0.25, -0.2) is 14.8 Å². The van der Waals surface area contributed by atoms with Crippen LogP contribution < -0.4 is 5.32 Å². The van der Waals surface area contributed by atoms with Crippen molar-refractivity contribution in [3.63, 3.8) is 0 Å². The molecule has 0 bridgehead atoms. The highest BCUT2D eigenvalue weighted by Crippen LogP contribution is 2.31. The maximum atomic E-state index is 12.2. The quantitative estimate of drug-likeness (QED) is 0.723. The fourth-order valence-corrected chi connectivity index (χ4v) is 2.81. The van der Waals surface area contributed by atoms with Crippen LogP contribution in [0.5, 0.6) is 5.75 Å². The number of carbonyl (C=O) groups excluding carboxylic acids is 1. The number of hydrogen-bond donors (Lipinski definition) is 2. The summed E-state index contributed by atoms with van der Waals surface area (Å²) >= 11 is 0. The predicted molar refractivity (Wildman–Crippen MR) is 99.9 cm³/mol. The molecule has 0 aliphatic carbocycles. The minimum Gasteiger partial charge on any atom is -0.508 e. The Balaban J connectivity index is 2.10. The number of nitrogens with zero attached hydrogens (tertiary/aromatic N) is 3. The third kappa shape index (κ3) is 3.33. The van der Waals surface area contributed by atoms with E-state index in [1.54, 1.807) is 32.9 Å². The second-order valence-corrected chi connectivity index (χ2v) is 7.11. The molecule has 7 nitrogen and oxygen atoms in total. The summed E-state index contributed by atoms with van der Waals surface area (Å²) in [5.41, 5.74) is 2.87. The lowest BCUT2D eigenvalue weighted by atomic mass is 10.2. The van der Waals surface area contributed by atoms with Crippen LogP contribution in [-0.2, 0) is 4.74 Å². The summed E-state index contributed by atoms with van der Waals surface area (Å²) in [6.07, 6.45) is 0.845. The van der Waals surface area contributed by atoms with Crippen LogP contribution in [0, 0.1) is 13.8 Å². The summed E-state index contributed by atoms with van der Waals surface area (Å²) in [6.45, 7) is 9.34. The van der Waals surface area contributed by atoms with Crippen LogP contribution in [0.1, 0.15) is 32.0 Å². The highest BCUT2D eigenvalue weighted by molar-refractivity contribution is 5.99. The normalized spacial score (nSPS) is 11.6. The summed E-state index contributed by atoms with van der Waals surface area (Å²) in [7, 11) is 0. The molecule has 0 saturated carbocycles. The number of amides is 1. The third-order valence-corrected chi connectivity index (χ3v) is 4.02. The van der Waals surface area contributed by atoms with Crippen LogP contribution in [0.25, 0.3) is 16.7 Å². The van der Waals surface area contributed by atoms with Gasteiger partial charge in [-0.15, -0.1) is 0 Å². The molecular weight excluding hydrogens is 332 g/mol. The first-order valence-electron chi connectivity index (χ1n) is 8.29. The van der Waals surface area contributed by atoms with E-state index in [1.807, 2.05) is 30.5 Å². The largest absolute Gasteiger partial charge is 0.508 e. The smallest absolute Gasteiger partial charge is 0.413 e. The van der Waals surface area contributed by atoms with Crippen LogP contribution in [0.3, 0.4) is 0 Å². The lowest BCUT2D eigenvalue weighted by molar-refractivity contribution is 0.0635. The molecule has 26 heavy (non-hydrogen) atoms. The third-order valence-electron chi connectivity index (χ3n) is 4.02. The molecule has 0 atom stereocenters. The van der Waals surface area contributed by atoms with Gasteiger partial charge < -0.3 is 9.84 Å². The Labute approximate surface area is 151 Å². The van der Waals surface area contributed by atoms with E-state index in [-0.39, 0.29) is 5.75 Å². The number of aromatic hydroxyl groups is 1. The molecule has 3 aromatic rings. The topological polar surface area (TPSA) is 89.3 Å². The number of ether oxygens (including phenoxy) is 1. The molecule has 0 radical (unpaired) electrons. The van der Waals surface area contributed by atoms with Gasteiger partial charge in [0.15, 0.2) is 5.65 Å². The molecular formula is C19H22N4O3. The highest BCUT2D eigenvalue weighted by Gasteiger charge is 2.21. The van der Waals surface area contributed by atoms with Gasteiger partial charge in [-0.2, -0.15) is 0 Å². The molecule has 3 rings (SSSR count). The summed E-state index contributed by atoms with van der Waals surface area (Å²) in [4.78, 5) is 20.8. The van der Waals surface area contributed by atoms with E-state index in [0.29, 0.717) is 11.5 Å². The van der Waals surface area contributed by atoms with Gasteiger partial charge in [0.2, 0.25) is 0 Å². The first kappa shape index (κ1) is 17.7. The lowest BCUT2D eigenvalue weighted by Crippen LogP contribution is -2.27. The van der Waals surface area contributed by atoms with Gasteiger partial charge in [0.25, 0.3) is 0 Å². The SMILES string of the molecule is Cc1c(C)n(-c2ccc(O)cc2)c2ncnc(NC(=O)OC(C)(C)C)c12. The molecule has 1 aromatic carbocycles. The summed E-state index contributed by atoms with van der Waals surface area (Å²) < 4.78 is 7.28. The standard InChI is InChI=1S/C19H22N4O3/c1-11-12(2)23(13-6-8-14(24)9-7-13)17-15(11)16(20-10-21-17)22-18(25)26-19(3,4)5/h6-10,24H,1-5H3,(H,20,21,22,25). The number of hydrogen-bond acceptors (Lipinski definition) is 5. The Kier molecular flexibility index (Phi) is 4.31. The Morgan fingerprint density at radius 2 is 1.81 bits per heavy atom. The molecule has 2 heterocycles. The highest BCUT2D eigenvalue weighted by atomic mass is 16.6. The number of aryl methyl sites for hydroxylation is 1. The number of anilines is 1. The van der Waals surface area contributed by atoms with Gasteiger partial charge in [0, 0.05) is 11.4 Å². The van der Waals surface area contributed by atoms with E-state index in [2.05, 4.69) is 15.3 Å². The predicted octanol–water partition coefficient (Wildman–Crippen LogP) is 4.09. The number of nitrogens with one attached hydrogen (secondary N) is 1. The first-order chi connectivity index (χ1) is 12.2. The number of fused-ring (bicyclic) bond motifs is 1. The van der Waals surface area contributed by atoms with Crippen molar-refractivity contribution in [1.29, 1.82) is 0 Å². The van der Waals surface area contributed by atoms with Crippen LogP contribution in [0.2, 0.25) is 0 Å². The molecule has 7 heteroatoms. The van der Waals surface area contributed by atoms with Crippen molar-refractivity contribution in [3.8, 4) is 11.4 Å². The van der Waals surface area contributed by atoms with Crippen molar-refractivity contribution in [2.75, 3.05) is 5.32 Å². The molecule has 2 aromatic heterocycles. The van der Waals surface area contributed by atoms with Crippen LogP contribution in [0.15, 0.2) is 30.6 Å². The molecule has 136 valence electrons. The number of rotatable bonds is 2. The van der Waals surface area contributed by atoms with Crippen LogP contribution >= 0.6 is 0 Å². The van der Waals surface area contributed by atoms with E-state index in [0.717, 1.165) is 22.3 Å². The fraction of sp³-hybridized carbons (Fsp3) is 0.316. The van der Waals surface area contributed by atoms with E-state index < -0.39 is 11.7 Å². The minimum atomic E-state index is -0.598. The Morgan fingerprint density at radius 1 is 1.15 bits per heavy atom. The van der Waals surface area contributed by atoms with Crippen molar-refractivity contribution in [2.45, 2.75) is 40.2 Å². The molecule has 0 saturated heterocycles. The van der Waals surface area contributed by atoms with Crippen molar-refractivity contribution < 1.29 is 14.6 Å². The van der Waals surface area contributed by atoms with Crippen molar-refractivity contribution in [2.24, 2.45) is 0 Å². The average Bonchev–Trinajstić information content (AvgIpc) is 2.79. The number of carbonyl (C=O) groups is 1. The zero-order valence-corrected chi connectivity index (χ0v) is 15.5. The van der Waals surface area contributed by atoms with Gasteiger partial charge >= 0.3 is 6.09 Å². The Bertz CT molecular complexity index is 969. The van der Waals surface area contributed by atoms with E-state index in [4.69, 9.17) is 4.74 Å². The molecule has 1 amide bonds. The summed E-state index contributed by atoms with van der Waals surface area (Å²) in [5.74, 6) is 0.601. The number of phenols is 1. The Hall–Kier alpha value is -3.09. The minimum absolute atomic E-state index is 0.196. The van der Waals surface area contributed by atoms with Crippen molar-refractivity contribution >= 4 is 22.9 Å². The summed E-state index contributed by atoms with van der Waals surface area (Å²) in [5, 5.41) is 13.0. The maximum absolute atomic E-state index is 12.2. The summed E-state index contributed by atoms with van der Waals surface area (Å²) in [6, 6.07) is 6.86. The van der Waals surface area contributed by atoms with Gasteiger partial charge in [-0.1, -0.05) is 0 Å².